The number of aliphatic hydroxyl groups excluding tert-OH is 1. The zero-order valence-corrected chi connectivity index (χ0v) is 11.2. The number of para-hydroxylation sites is 1. The summed E-state index contributed by atoms with van der Waals surface area (Å²) in [6.45, 7) is 3.39. The van der Waals surface area contributed by atoms with E-state index in [1.54, 1.807) is 6.20 Å². The van der Waals surface area contributed by atoms with Gasteiger partial charge in [0.2, 0.25) is 0 Å². The van der Waals surface area contributed by atoms with Gasteiger partial charge in [0, 0.05) is 31.2 Å². The van der Waals surface area contributed by atoms with Gasteiger partial charge in [-0.2, -0.15) is 0 Å². The lowest BCUT2D eigenvalue weighted by Gasteiger charge is -2.27. The second kappa shape index (κ2) is 6.90. The Morgan fingerprint density at radius 1 is 1.16 bits per heavy atom. The monoisotopic (exact) mass is 256 g/mol. The van der Waals surface area contributed by atoms with Gasteiger partial charge in [-0.1, -0.05) is 31.2 Å². The molecule has 3 nitrogen and oxygen atoms in total. The van der Waals surface area contributed by atoms with Crippen LogP contribution in [0.4, 0.5) is 5.69 Å². The van der Waals surface area contributed by atoms with Gasteiger partial charge in [0.05, 0.1) is 6.10 Å². The van der Waals surface area contributed by atoms with Crippen molar-refractivity contribution in [2.24, 2.45) is 0 Å². The lowest BCUT2D eigenvalue weighted by Crippen LogP contribution is -2.31. The first kappa shape index (κ1) is 13.6. The van der Waals surface area contributed by atoms with Crippen LogP contribution in [0, 0.1) is 0 Å². The molecule has 0 aliphatic carbocycles. The first-order chi connectivity index (χ1) is 9.29. The third-order valence-corrected chi connectivity index (χ3v) is 3.12. The van der Waals surface area contributed by atoms with E-state index in [-0.39, 0.29) is 6.10 Å². The van der Waals surface area contributed by atoms with Crippen molar-refractivity contribution < 1.29 is 5.11 Å². The maximum absolute atomic E-state index is 9.91. The Labute approximate surface area is 114 Å². The molecule has 0 fully saturated rings. The fourth-order valence-corrected chi connectivity index (χ4v) is 2.00. The number of hydrogen-bond acceptors (Lipinski definition) is 3. The molecule has 0 radical (unpaired) electrons. The molecule has 0 saturated heterocycles. The van der Waals surface area contributed by atoms with Gasteiger partial charge < -0.3 is 10.0 Å². The number of hydrogen-bond donors (Lipinski definition) is 1. The van der Waals surface area contributed by atoms with Crippen molar-refractivity contribution in [2.45, 2.75) is 26.0 Å². The topological polar surface area (TPSA) is 36.4 Å². The highest BCUT2D eigenvalue weighted by Crippen LogP contribution is 2.17. The van der Waals surface area contributed by atoms with E-state index in [4.69, 9.17) is 0 Å². The predicted octanol–water partition coefficient (Wildman–Crippen LogP) is 2.86. The molecule has 0 spiro atoms. The molecule has 0 amide bonds. The van der Waals surface area contributed by atoms with Crippen LogP contribution in [-0.2, 0) is 6.54 Å². The maximum Gasteiger partial charge on any atom is 0.0712 e. The Kier molecular flexibility index (Phi) is 4.93. The Morgan fingerprint density at radius 3 is 2.58 bits per heavy atom. The van der Waals surface area contributed by atoms with E-state index in [1.807, 2.05) is 37.4 Å². The molecule has 1 unspecified atom stereocenters. The summed E-state index contributed by atoms with van der Waals surface area (Å²) in [6, 6.07) is 14.2. The second-order valence-electron chi connectivity index (χ2n) is 4.64. The highest BCUT2D eigenvalue weighted by atomic mass is 16.3. The van der Waals surface area contributed by atoms with Crippen molar-refractivity contribution in [3.63, 3.8) is 0 Å². The molecule has 0 aliphatic heterocycles. The van der Waals surface area contributed by atoms with Gasteiger partial charge in [0.15, 0.2) is 0 Å². The number of rotatable bonds is 6. The zero-order chi connectivity index (χ0) is 13.5. The molecule has 1 N–H and O–H groups in total. The van der Waals surface area contributed by atoms with Gasteiger partial charge in [0.1, 0.15) is 0 Å². The van der Waals surface area contributed by atoms with Gasteiger partial charge in [-0.25, -0.2) is 0 Å². The van der Waals surface area contributed by atoms with Gasteiger partial charge in [-0.05, 0) is 30.2 Å². The number of pyridine rings is 1. The smallest absolute Gasteiger partial charge is 0.0712 e. The van der Waals surface area contributed by atoms with Crippen molar-refractivity contribution in [1.29, 1.82) is 0 Å². The summed E-state index contributed by atoms with van der Waals surface area (Å²) in [7, 11) is 0. The van der Waals surface area contributed by atoms with Crippen LogP contribution < -0.4 is 4.90 Å². The van der Waals surface area contributed by atoms with Gasteiger partial charge in [-0.15, -0.1) is 0 Å². The van der Waals surface area contributed by atoms with Crippen LogP contribution in [0.5, 0.6) is 0 Å². The van der Waals surface area contributed by atoms with Crippen LogP contribution in [0.15, 0.2) is 54.9 Å². The number of benzene rings is 1. The standard InChI is InChI=1S/C16H20N2O/c1-2-16(19)13-18(15-8-4-3-5-9-15)12-14-7-6-10-17-11-14/h3-11,16,19H,2,12-13H2,1H3. The minimum absolute atomic E-state index is 0.308. The van der Waals surface area contributed by atoms with Gasteiger partial charge >= 0.3 is 0 Å². The summed E-state index contributed by atoms with van der Waals surface area (Å²) in [5, 5.41) is 9.91. The molecule has 19 heavy (non-hydrogen) atoms. The molecule has 0 aliphatic rings. The minimum Gasteiger partial charge on any atom is -0.391 e. The van der Waals surface area contributed by atoms with Crippen LogP contribution in [0.1, 0.15) is 18.9 Å². The SMILES string of the molecule is CCC(O)CN(Cc1cccnc1)c1ccccc1. The molecule has 1 aromatic carbocycles. The number of aromatic nitrogens is 1. The average Bonchev–Trinajstić information content (AvgIpc) is 2.48. The summed E-state index contributed by atoms with van der Waals surface area (Å²) in [6.07, 6.45) is 4.10. The summed E-state index contributed by atoms with van der Waals surface area (Å²) >= 11 is 0. The quantitative estimate of drug-likeness (QED) is 0.863. The van der Waals surface area contributed by atoms with Gasteiger partial charge in [0.25, 0.3) is 0 Å². The molecule has 2 rings (SSSR count). The van der Waals surface area contributed by atoms with E-state index in [2.05, 4.69) is 28.1 Å². The summed E-state index contributed by atoms with van der Waals surface area (Å²) in [4.78, 5) is 6.33. The van der Waals surface area contributed by atoms with E-state index in [9.17, 15) is 5.11 Å². The Balaban J connectivity index is 2.15. The van der Waals surface area contributed by atoms with Crippen LogP contribution in [0.2, 0.25) is 0 Å². The average molecular weight is 256 g/mol. The van der Waals surface area contributed by atoms with Crippen molar-refractivity contribution in [2.75, 3.05) is 11.4 Å². The molecule has 100 valence electrons. The summed E-state index contributed by atoms with van der Waals surface area (Å²) in [5.41, 5.74) is 2.27. The van der Waals surface area contributed by atoms with Crippen molar-refractivity contribution in [3.8, 4) is 0 Å². The van der Waals surface area contributed by atoms with Crippen molar-refractivity contribution >= 4 is 5.69 Å². The van der Waals surface area contributed by atoms with E-state index in [0.717, 1.165) is 24.2 Å². The Hall–Kier alpha value is -1.87. The lowest BCUT2D eigenvalue weighted by molar-refractivity contribution is 0.175. The number of anilines is 1. The molecule has 0 bridgehead atoms. The van der Waals surface area contributed by atoms with E-state index in [1.165, 1.54) is 0 Å². The molecular weight excluding hydrogens is 236 g/mol. The van der Waals surface area contributed by atoms with Crippen molar-refractivity contribution in [1.82, 2.24) is 4.98 Å². The molecule has 1 aromatic heterocycles. The largest absolute Gasteiger partial charge is 0.391 e. The first-order valence-electron chi connectivity index (χ1n) is 6.66. The fourth-order valence-electron chi connectivity index (χ4n) is 2.00. The van der Waals surface area contributed by atoms with E-state index >= 15 is 0 Å². The van der Waals surface area contributed by atoms with Crippen LogP contribution in [0.3, 0.4) is 0 Å². The van der Waals surface area contributed by atoms with Crippen LogP contribution >= 0.6 is 0 Å². The predicted molar refractivity (Wildman–Crippen MR) is 78.0 cm³/mol. The fraction of sp³-hybridized carbons (Fsp3) is 0.312. The Morgan fingerprint density at radius 2 is 1.95 bits per heavy atom. The molecule has 2 aromatic rings. The van der Waals surface area contributed by atoms with Crippen LogP contribution in [0.25, 0.3) is 0 Å². The minimum atomic E-state index is -0.308. The van der Waals surface area contributed by atoms with E-state index < -0.39 is 0 Å². The van der Waals surface area contributed by atoms with Gasteiger partial charge in [-0.3, -0.25) is 4.98 Å². The summed E-state index contributed by atoms with van der Waals surface area (Å²) < 4.78 is 0. The molecular formula is C16H20N2O. The van der Waals surface area contributed by atoms with Crippen LogP contribution in [-0.4, -0.2) is 22.7 Å². The highest BCUT2D eigenvalue weighted by Gasteiger charge is 2.11. The summed E-state index contributed by atoms with van der Waals surface area (Å²) in [5.74, 6) is 0. The highest BCUT2D eigenvalue weighted by molar-refractivity contribution is 5.46. The zero-order valence-electron chi connectivity index (χ0n) is 11.2. The molecule has 1 heterocycles. The van der Waals surface area contributed by atoms with E-state index in [0.29, 0.717) is 6.54 Å². The molecule has 0 saturated carbocycles. The molecule has 3 heteroatoms. The number of aliphatic hydroxyl groups is 1. The maximum atomic E-state index is 9.91. The Bertz CT molecular complexity index is 473. The normalized spacial score (nSPS) is 12.1. The number of nitrogens with zero attached hydrogens (tertiary/aromatic N) is 2. The molecule has 1 atom stereocenters. The third kappa shape index (κ3) is 4.07. The third-order valence-electron chi connectivity index (χ3n) is 3.12. The first-order valence-corrected chi connectivity index (χ1v) is 6.66. The second-order valence-corrected chi connectivity index (χ2v) is 4.64. The van der Waals surface area contributed by atoms with Crippen molar-refractivity contribution in [3.05, 3.63) is 60.4 Å². The lowest BCUT2D eigenvalue weighted by atomic mass is 10.2.